The Balaban J connectivity index is 1.40. The zero-order chi connectivity index (χ0) is 22.3. The van der Waals surface area contributed by atoms with Gasteiger partial charge in [0.25, 0.3) is 0 Å². The first-order chi connectivity index (χ1) is 14.9. The molecule has 8 nitrogen and oxygen atoms in total. The molecular weight excluding hydrogens is 412 g/mol. The van der Waals surface area contributed by atoms with E-state index in [1.165, 1.54) is 0 Å². The first-order valence-electron chi connectivity index (χ1n) is 10.3. The Bertz CT molecular complexity index is 1140. The number of sulfonamides is 1. The molecule has 0 spiro atoms. The quantitative estimate of drug-likeness (QED) is 0.268. The van der Waals surface area contributed by atoms with Gasteiger partial charge in [0.1, 0.15) is 5.82 Å². The lowest BCUT2D eigenvalue weighted by Crippen LogP contribution is -2.41. The van der Waals surface area contributed by atoms with Gasteiger partial charge in [0.2, 0.25) is 10.0 Å². The maximum absolute atomic E-state index is 12.3. The molecule has 0 aliphatic carbocycles. The number of benzene rings is 2. The fraction of sp³-hybridized carbons (Fsp3) is 0.364. The van der Waals surface area contributed by atoms with E-state index in [-0.39, 0.29) is 11.4 Å². The summed E-state index contributed by atoms with van der Waals surface area (Å²) >= 11 is 0. The Kier molecular flexibility index (Phi) is 7.64. The minimum absolute atomic E-state index is 0.261. The molecule has 0 amide bonds. The number of para-hydroxylation sites is 2. The number of aliphatic imine (C=N–C) groups is 1. The highest BCUT2D eigenvalue weighted by Gasteiger charge is 2.12. The van der Waals surface area contributed by atoms with Crippen LogP contribution in [-0.2, 0) is 16.6 Å². The van der Waals surface area contributed by atoms with Crippen molar-refractivity contribution in [3.63, 3.8) is 0 Å². The summed E-state index contributed by atoms with van der Waals surface area (Å²) in [6, 6.07) is 14.9. The summed E-state index contributed by atoms with van der Waals surface area (Å²) in [5.74, 6) is 1.64. The average molecular weight is 443 g/mol. The van der Waals surface area contributed by atoms with E-state index in [4.69, 9.17) is 0 Å². The molecule has 0 bridgehead atoms. The molecule has 3 aromatic rings. The molecule has 1 heterocycles. The highest BCUT2D eigenvalue weighted by atomic mass is 32.2. The minimum atomic E-state index is -3.51. The summed E-state index contributed by atoms with van der Waals surface area (Å²) in [4.78, 5) is 9.05. The molecule has 1 aromatic heterocycles. The second-order valence-corrected chi connectivity index (χ2v) is 9.06. The Morgan fingerprint density at radius 1 is 1.00 bits per heavy atom. The predicted molar refractivity (Wildman–Crippen MR) is 125 cm³/mol. The Hall–Kier alpha value is -2.91. The molecule has 3 N–H and O–H groups in total. The van der Waals surface area contributed by atoms with E-state index in [2.05, 4.69) is 36.0 Å². The van der Waals surface area contributed by atoms with Gasteiger partial charge in [-0.05, 0) is 44.5 Å². The molecule has 0 radical (unpaired) electrons. The zero-order valence-corrected chi connectivity index (χ0v) is 19.0. The molecule has 166 valence electrons. The maximum Gasteiger partial charge on any atom is 0.240 e. The van der Waals surface area contributed by atoms with Crippen LogP contribution in [0.5, 0.6) is 0 Å². The molecule has 0 fully saturated rings. The van der Waals surface area contributed by atoms with Crippen LogP contribution >= 0.6 is 0 Å². The second kappa shape index (κ2) is 10.4. The lowest BCUT2D eigenvalue weighted by molar-refractivity contribution is 0.580. The third kappa shape index (κ3) is 6.05. The molecule has 0 saturated carbocycles. The van der Waals surface area contributed by atoms with E-state index in [1.54, 1.807) is 31.3 Å². The van der Waals surface area contributed by atoms with Crippen LogP contribution in [0.4, 0.5) is 0 Å². The normalized spacial score (nSPS) is 12.3. The van der Waals surface area contributed by atoms with Gasteiger partial charge in [0.05, 0.1) is 15.9 Å². The van der Waals surface area contributed by atoms with Crippen molar-refractivity contribution in [3.8, 4) is 0 Å². The lowest BCUT2D eigenvalue weighted by atomic mass is 10.2. The molecule has 2 aromatic carbocycles. The summed E-state index contributed by atoms with van der Waals surface area (Å²) < 4.78 is 29.4. The number of nitrogens with one attached hydrogen (secondary N) is 3. The second-order valence-electron chi connectivity index (χ2n) is 7.29. The van der Waals surface area contributed by atoms with Crippen molar-refractivity contribution in [2.45, 2.75) is 31.7 Å². The zero-order valence-electron chi connectivity index (χ0n) is 18.2. The fourth-order valence-electron chi connectivity index (χ4n) is 3.31. The van der Waals surface area contributed by atoms with Crippen molar-refractivity contribution in [3.05, 3.63) is 59.9 Å². The van der Waals surface area contributed by atoms with Crippen LogP contribution < -0.4 is 15.4 Å². The van der Waals surface area contributed by atoms with Crippen molar-refractivity contribution in [1.82, 2.24) is 24.9 Å². The number of hydrogen-bond acceptors (Lipinski definition) is 4. The van der Waals surface area contributed by atoms with Crippen LogP contribution in [0, 0.1) is 13.8 Å². The molecule has 0 aliphatic heterocycles. The van der Waals surface area contributed by atoms with Gasteiger partial charge in [-0.15, -0.1) is 0 Å². The van der Waals surface area contributed by atoms with E-state index in [1.807, 2.05) is 32.0 Å². The third-order valence-corrected chi connectivity index (χ3v) is 6.44. The van der Waals surface area contributed by atoms with E-state index in [9.17, 15) is 8.42 Å². The van der Waals surface area contributed by atoms with Gasteiger partial charge in [0, 0.05) is 33.2 Å². The Morgan fingerprint density at radius 2 is 1.71 bits per heavy atom. The standard InChI is InChI=1S/C22H30N6O2S/c1-17-9-11-19(12-10-17)31(29,30)26-15-14-25-22(23-3)24-13-6-16-28-18(2)27-20-7-4-5-8-21(20)28/h4-5,7-12,26H,6,13-16H2,1-3H3,(H2,23,24,25). The van der Waals surface area contributed by atoms with E-state index < -0.39 is 10.0 Å². The van der Waals surface area contributed by atoms with Crippen LogP contribution in [0.25, 0.3) is 11.0 Å². The number of nitrogens with zero attached hydrogens (tertiary/aromatic N) is 3. The van der Waals surface area contributed by atoms with Crippen LogP contribution in [0.15, 0.2) is 58.4 Å². The number of aromatic nitrogens is 2. The van der Waals surface area contributed by atoms with Crippen molar-refractivity contribution in [2.75, 3.05) is 26.7 Å². The molecule has 3 rings (SSSR count). The predicted octanol–water partition coefficient (Wildman–Crippen LogP) is 2.19. The van der Waals surface area contributed by atoms with Gasteiger partial charge < -0.3 is 15.2 Å². The Labute approximate surface area is 183 Å². The fourth-order valence-corrected chi connectivity index (χ4v) is 4.34. The number of rotatable bonds is 9. The van der Waals surface area contributed by atoms with E-state index in [0.717, 1.165) is 41.9 Å². The third-order valence-electron chi connectivity index (χ3n) is 4.96. The van der Waals surface area contributed by atoms with Crippen LogP contribution in [0.2, 0.25) is 0 Å². The lowest BCUT2D eigenvalue weighted by Gasteiger charge is -2.13. The largest absolute Gasteiger partial charge is 0.356 e. The first-order valence-corrected chi connectivity index (χ1v) is 11.8. The number of fused-ring (bicyclic) bond motifs is 1. The number of imidazole rings is 1. The van der Waals surface area contributed by atoms with Crippen molar-refractivity contribution in [1.29, 1.82) is 0 Å². The molecule has 9 heteroatoms. The average Bonchev–Trinajstić information content (AvgIpc) is 3.08. The van der Waals surface area contributed by atoms with Crippen molar-refractivity contribution in [2.24, 2.45) is 4.99 Å². The van der Waals surface area contributed by atoms with E-state index in [0.29, 0.717) is 12.5 Å². The van der Waals surface area contributed by atoms with Gasteiger partial charge in [0.15, 0.2) is 5.96 Å². The monoisotopic (exact) mass is 442 g/mol. The summed E-state index contributed by atoms with van der Waals surface area (Å²) in [5, 5.41) is 6.39. The van der Waals surface area contributed by atoms with Crippen LogP contribution in [-0.4, -0.2) is 50.6 Å². The maximum atomic E-state index is 12.3. The van der Waals surface area contributed by atoms with Gasteiger partial charge in [-0.3, -0.25) is 4.99 Å². The molecule has 0 aliphatic rings. The Morgan fingerprint density at radius 3 is 2.45 bits per heavy atom. The molecule has 0 saturated heterocycles. The topological polar surface area (TPSA) is 100 Å². The van der Waals surface area contributed by atoms with Gasteiger partial charge in [-0.25, -0.2) is 18.1 Å². The van der Waals surface area contributed by atoms with Crippen molar-refractivity contribution < 1.29 is 8.42 Å². The number of hydrogen-bond donors (Lipinski definition) is 3. The first kappa shape index (κ1) is 22.8. The summed E-state index contributed by atoms with van der Waals surface area (Å²) in [7, 11) is -1.81. The van der Waals surface area contributed by atoms with Gasteiger partial charge >= 0.3 is 0 Å². The molecule has 0 atom stereocenters. The summed E-state index contributed by atoms with van der Waals surface area (Å²) in [5.41, 5.74) is 3.17. The van der Waals surface area contributed by atoms with Gasteiger partial charge in [-0.1, -0.05) is 29.8 Å². The van der Waals surface area contributed by atoms with Gasteiger partial charge in [-0.2, -0.15) is 0 Å². The number of aryl methyl sites for hydroxylation is 3. The summed E-state index contributed by atoms with van der Waals surface area (Å²) in [6.07, 6.45) is 0.905. The highest BCUT2D eigenvalue weighted by Crippen LogP contribution is 2.15. The van der Waals surface area contributed by atoms with Crippen LogP contribution in [0.3, 0.4) is 0 Å². The minimum Gasteiger partial charge on any atom is -0.356 e. The highest BCUT2D eigenvalue weighted by molar-refractivity contribution is 7.89. The number of guanidine groups is 1. The smallest absolute Gasteiger partial charge is 0.240 e. The molecule has 31 heavy (non-hydrogen) atoms. The van der Waals surface area contributed by atoms with E-state index >= 15 is 0 Å². The SMILES string of the molecule is CN=C(NCCCn1c(C)nc2ccccc21)NCCNS(=O)(=O)c1ccc(C)cc1. The van der Waals surface area contributed by atoms with Crippen molar-refractivity contribution >= 4 is 27.0 Å². The van der Waals surface area contributed by atoms with Crippen LogP contribution in [0.1, 0.15) is 17.8 Å². The molecule has 0 unspecified atom stereocenters. The summed E-state index contributed by atoms with van der Waals surface area (Å²) in [6.45, 7) is 6.22. The molecular formula is C22H30N6O2S.